The molecule has 0 bridgehead atoms. The summed E-state index contributed by atoms with van der Waals surface area (Å²) in [5.74, 6) is -0.173. The summed E-state index contributed by atoms with van der Waals surface area (Å²) in [7, 11) is 2.05. The summed E-state index contributed by atoms with van der Waals surface area (Å²) < 4.78 is 0. The molecule has 1 aromatic heterocycles. The Kier molecular flexibility index (Phi) is 5.96. The second kappa shape index (κ2) is 7.95. The molecule has 0 radical (unpaired) electrons. The highest BCUT2D eigenvalue weighted by Crippen LogP contribution is 2.22. The van der Waals surface area contributed by atoms with Gasteiger partial charge < -0.3 is 10.2 Å². The Labute approximate surface area is 144 Å². The maximum atomic E-state index is 12.5. The molecule has 128 valence electrons. The van der Waals surface area contributed by atoms with Crippen molar-refractivity contribution in [2.45, 2.75) is 40.5 Å². The molecule has 0 saturated heterocycles. The van der Waals surface area contributed by atoms with E-state index in [9.17, 15) is 4.79 Å². The van der Waals surface area contributed by atoms with Crippen LogP contribution >= 0.6 is 0 Å². The van der Waals surface area contributed by atoms with Gasteiger partial charge in [0.05, 0.1) is 11.9 Å². The second-order valence-electron chi connectivity index (χ2n) is 6.40. The number of carbonyl (C=O) groups is 1. The number of rotatable bonds is 6. The highest BCUT2D eigenvalue weighted by atomic mass is 16.1. The van der Waals surface area contributed by atoms with Crippen LogP contribution in [0.5, 0.6) is 0 Å². The van der Waals surface area contributed by atoms with Crippen molar-refractivity contribution in [1.29, 1.82) is 0 Å². The van der Waals surface area contributed by atoms with Gasteiger partial charge in [-0.25, -0.2) is 4.98 Å². The zero-order valence-electron chi connectivity index (χ0n) is 15.3. The van der Waals surface area contributed by atoms with E-state index in [1.807, 2.05) is 27.0 Å². The number of pyridine rings is 1. The Bertz CT molecular complexity index is 684. The van der Waals surface area contributed by atoms with Crippen LogP contribution in [0, 0.1) is 20.8 Å². The van der Waals surface area contributed by atoms with Gasteiger partial charge in [0.1, 0.15) is 5.69 Å². The predicted octanol–water partition coefficient (Wildman–Crippen LogP) is 4.50. The molecule has 0 saturated carbocycles. The first kappa shape index (κ1) is 18.0. The number of anilines is 2. The first-order valence-corrected chi connectivity index (χ1v) is 8.48. The van der Waals surface area contributed by atoms with Gasteiger partial charge in [-0.3, -0.25) is 4.79 Å². The number of amides is 1. The molecule has 1 aromatic carbocycles. The van der Waals surface area contributed by atoms with Crippen LogP contribution < -0.4 is 10.2 Å². The standard InChI is InChI=1S/C20H27N3O/c1-6-7-10-23(5)17-8-9-18(21-13-17)20(24)22-19-15(3)11-14(2)12-16(19)4/h8-9,11-13H,6-7,10H2,1-5H3,(H,22,24). The minimum absolute atomic E-state index is 0.173. The zero-order chi connectivity index (χ0) is 17.7. The summed E-state index contributed by atoms with van der Waals surface area (Å²) in [6, 6.07) is 7.88. The number of carbonyl (C=O) groups excluding carboxylic acids is 1. The zero-order valence-corrected chi connectivity index (χ0v) is 15.3. The van der Waals surface area contributed by atoms with Crippen molar-refractivity contribution in [3.63, 3.8) is 0 Å². The van der Waals surface area contributed by atoms with Gasteiger partial charge in [0, 0.05) is 19.3 Å². The van der Waals surface area contributed by atoms with Crippen molar-refractivity contribution in [3.8, 4) is 0 Å². The average Bonchev–Trinajstić information content (AvgIpc) is 2.55. The highest BCUT2D eigenvalue weighted by Gasteiger charge is 2.12. The largest absolute Gasteiger partial charge is 0.373 e. The van der Waals surface area contributed by atoms with E-state index in [4.69, 9.17) is 0 Å². The Hall–Kier alpha value is -2.36. The van der Waals surface area contributed by atoms with Gasteiger partial charge in [-0.1, -0.05) is 31.0 Å². The van der Waals surface area contributed by atoms with E-state index < -0.39 is 0 Å². The molecule has 1 amide bonds. The molecule has 0 unspecified atom stereocenters. The number of unbranched alkanes of at least 4 members (excludes halogenated alkanes) is 1. The summed E-state index contributed by atoms with van der Waals surface area (Å²) >= 11 is 0. The van der Waals surface area contributed by atoms with Crippen molar-refractivity contribution in [1.82, 2.24) is 4.98 Å². The van der Waals surface area contributed by atoms with E-state index in [0.717, 1.165) is 41.9 Å². The lowest BCUT2D eigenvalue weighted by Gasteiger charge is -2.18. The van der Waals surface area contributed by atoms with Crippen LogP contribution in [0.15, 0.2) is 30.5 Å². The number of nitrogens with one attached hydrogen (secondary N) is 1. The van der Waals surface area contributed by atoms with Gasteiger partial charge in [0.2, 0.25) is 0 Å². The lowest BCUT2D eigenvalue weighted by Crippen LogP contribution is -2.19. The van der Waals surface area contributed by atoms with E-state index in [2.05, 4.69) is 41.2 Å². The number of aryl methyl sites for hydroxylation is 3. The monoisotopic (exact) mass is 325 g/mol. The van der Waals surface area contributed by atoms with Crippen LogP contribution in [-0.2, 0) is 0 Å². The number of hydrogen-bond acceptors (Lipinski definition) is 3. The van der Waals surface area contributed by atoms with Crippen LogP contribution in [0.4, 0.5) is 11.4 Å². The van der Waals surface area contributed by atoms with Gasteiger partial charge in [-0.05, 0) is 50.5 Å². The van der Waals surface area contributed by atoms with E-state index in [1.54, 1.807) is 12.3 Å². The van der Waals surface area contributed by atoms with Crippen LogP contribution in [0.2, 0.25) is 0 Å². The molecule has 2 rings (SSSR count). The van der Waals surface area contributed by atoms with Crippen molar-refractivity contribution in [2.75, 3.05) is 23.8 Å². The van der Waals surface area contributed by atoms with E-state index >= 15 is 0 Å². The molecule has 0 aliphatic rings. The fraction of sp³-hybridized carbons (Fsp3) is 0.400. The van der Waals surface area contributed by atoms with Crippen molar-refractivity contribution in [2.24, 2.45) is 0 Å². The van der Waals surface area contributed by atoms with E-state index in [1.165, 1.54) is 5.56 Å². The Morgan fingerprint density at radius 1 is 1.17 bits per heavy atom. The van der Waals surface area contributed by atoms with Gasteiger partial charge in [-0.15, -0.1) is 0 Å². The van der Waals surface area contributed by atoms with E-state index in [-0.39, 0.29) is 5.91 Å². The molecule has 0 atom stereocenters. The molecule has 0 spiro atoms. The SMILES string of the molecule is CCCCN(C)c1ccc(C(=O)Nc2c(C)cc(C)cc2C)nc1. The Balaban J connectivity index is 2.11. The maximum absolute atomic E-state index is 12.5. The molecule has 0 fully saturated rings. The molecule has 4 nitrogen and oxygen atoms in total. The molecule has 24 heavy (non-hydrogen) atoms. The lowest BCUT2D eigenvalue weighted by atomic mass is 10.0. The fourth-order valence-corrected chi connectivity index (χ4v) is 2.83. The third kappa shape index (κ3) is 4.34. The number of hydrogen-bond donors (Lipinski definition) is 1. The Morgan fingerprint density at radius 2 is 1.83 bits per heavy atom. The summed E-state index contributed by atoms with van der Waals surface area (Å²) in [6.45, 7) is 9.24. The van der Waals surface area contributed by atoms with Gasteiger partial charge >= 0.3 is 0 Å². The minimum atomic E-state index is -0.173. The van der Waals surface area contributed by atoms with Gasteiger partial charge in [-0.2, -0.15) is 0 Å². The number of aromatic nitrogens is 1. The first-order chi connectivity index (χ1) is 11.4. The first-order valence-electron chi connectivity index (χ1n) is 8.48. The van der Waals surface area contributed by atoms with Gasteiger partial charge in [0.15, 0.2) is 0 Å². The quantitative estimate of drug-likeness (QED) is 0.851. The predicted molar refractivity (Wildman–Crippen MR) is 101 cm³/mol. The second-order valence-corrected chi connectivity index (χ2v) is 6.40. The van der Waals surface area contributed by atoms with E-state index in [0.29, 0.717) is 5.69 Å². The summed E-state index contributed by atoms with van der Waals surface area (Å²) in [4.78, 5) is 19.0. The van der Waals surface area contributed by atoms with Crippen molar-refractivity contribution in [3.05, 3.63) is 52.8 Å². The molecule has 2 aromatic rings. The Morgan fingerprint density at radius 3 is 2.38 bits per heavy atom. The third-order valence-corrected chi connectivity index (χ3v) is 4.18. The number of nitrogens with zero attached hydrogens (tertiary/aromatic N) is 2. The van der Waals surface area contributed by atoms with Crippen molar-refractivity contribution >= 4 is 17.3 Å². The topological polar surface area (TPSA) is 45.2 Å². The summed E-state index contributed by atoms with van der Waals surface area (Å²) in [6.07, 6.45) is 4.07. The van der Waals surface area contributed by atoms with Crippen LogP contribution in [-0.4, -0.2) is 24.5 Å². The van der Waals surface area contributed by atoms with Gasteiger partial charge in [0.25, 0.3) is 5.91 Å². The molecular weight excluding hydrogens is 298 g/mol. The summed E-state index contributed by atoms with van der Waals surface area (Å²) in [5.41, 5.74) is 5.66. The van der Waals surface area contributed by atoms with Crippen molar-refractivity contribution < 1.29 is 4.79 Å². The molecule has 0 aliphatic carbocycles. The highest BCUT2D eigenvalue weighted by molar-refractivity contribution is 6.03. The summed E-state index contributed by atoms with van der Waals surface area (Å²) in [5, 5.41) is 2.99. The lowest BCUT2D eigenvalue weighted by molar-refractivity contribution is 0.102. The normalized spacial score (nSPS) is 10.5. The minimum Gasteiger partial charge on any atom is -0.373 e. The molecular formula is C20H27N3O. The number of benzene rings is 1. The third-order valence-electron chi connectivity index (χ3n) is 4.18. The molecule has 1 N–H and O–H groups in total. The average molecular weight is 325 g/mol. The van der Waals surface area contributed by atoms with Crippen LogP contribution in [0.1, 0.15) is 46.9 Å². The van der Waals surface area contributed by atoms with Crippen LogP contribution in [0.25, 0.3) is 0 Å². The molecule has 1 heterocycles. The maximum Gasteiger partial charge on any atom is 0.274 e. The smallest absolute Gasteiger partial charge is 0.274 e. The molecule has 0 aliphatic heterocycles. The van der Waals surface area contributed by atoms with Crippen LogP contribution in [0.3, 0.4) is 0 Å². The fourth-order valence-electron chi connectivity index (χ4n) is 2.83. The molecule has 4 heteroatoms.